The van der Waals surface area contributed by atoms with Crippen molar-refractivity contribution in [1.29, 1.82) is 0 Å². The molecular formula is C22H14FN5O9. The molecule has 0 bridgehead atoms. The van der Waals surface area contributed by atoms with Crippen molar-refractivity contribution in [2.24, 2.45) is 0 Å². The number of anilines is 1. The predicted molar refractivity (Wildman–Crippen MR) is 122 cm³/mol. The number of ether oxygens (including phenoxy) is 1. The first-order valence-corrected chi connectivity index (χ1v) is 10.1. The van der Waals surface area contributed by atoms with Gasteiger partial charge in [0.2, 0.25) is 0 Å². The van der Waals surface area contributed by atoms with Crippen LogP contribution >= 0.6 is 0 Å². The molecule has 0 atom stereocenters. The van der Waals surface area contributed by atoms with Crippen molar-refractivity contribution in [3.8, 4) is 5.69 Å². The molecule has 14 nitrogen and oxygen atoms in total. The molecule has 188 valence electrons. The number of halogens is 1. The molecule has 0 saturated heterocycles. The molecule has 0 aliphatic rings. The molecule has 0 aliphatic heterocycles. The Morgan fingerprint density at radius 2 is 1.92 bits per heavy atom. The molecule has 0 saturated carbocycles. The van der Waals surface area contributed by atoms with Crippen LogP contribution in [0.4, 0.5) is 20.6 Å². The van der Waals surface area contributed by atoms with Crippen LogP contribution in [0.1, 0.15) is 26.4 Å². The summed E-state index contributed by atoms with van der Waals surface area (Å²) in [5.41, 5.74) is -2.32. The van der Waals surface area contributed by atoms with E-state index in [0.29, 0.717) is 0 Å². The van der Waals surface area contributed by atoms with Gasteiger partial charge in [-0.05, 0) is 30.3 Å². The summed E-state index contributed by atoms with van der Waals surface area (Å²) in [7, 11) is 0. The topological polar surface area (TPSA) is 207 Å². The molecule has 0 unspecified atom stereocenters. The fourth-order valence-corrected chi connectivity index (χ4v) is 3.35. The Labute approximate surface area is 203 Å². The standard InChI is InChI=1S/C22H14FN5O9/c23-14-4-10(20(30)31)1-2-15(14)26-22(34)37-8-12-7-27(9-24-12)17-5-11-3-13(21(32)33)19(29)25-16(11)6-18(17)28(35)36/h1-7,9H,8H2,(H,25,29)(H,26,34)(H,30,31)(H,32,33). The molecule has 2 aromatic carbocycles. The van der Waals surface area contributed by atoms with Crippen molar-refractivity contribution in [1.82, 2.24) is 14.5 Å². The van der Waals surface area contributed by atoms with Crippen LogP contribution in [-0.2, 0) is 11.3 Å². The molecule has 15 heteroatoms. The number of carboxylic acids is 2. The van der Waals surface area contributed by atoms with Gasteiger partial charge in [-0.15, -0.1) is 0 Å². The minimum absolute atomic E-state index is 0.00955. The van der Waals surface area contributed by atoms with E-state index in [-0.39, 0.29) is 33.5 Å². The van der Waals surface area contributed by atoms with Crippen molar-refractivity contribution in [3.63, 3.8) is 0 Å². The third-order valence-electron chi connectivity index (χ3n) is 5.08. The second-order valence-corrected chi connectivity index (χ2v) is 7.48. The monoisotopic (exact) mass is 511 g/mol. The van der Waals surface area contributed by atoms with E-state index in [4.69, 9.17) is 14.9 Å². The third-order valence-corrected chi connectivity index (χ3v) is 5.08. The molecule has 2 heterocycles. The average Bonchev–Trinajstić information content (AvgIpc) is 3.31. The van der Waals surface area contributed by atoms with Crippen molar-refractivity contribution in [2.45, 2.75) is 6.61 Å². The third kappa shape index (κ3) is 5.09. The zero-order valence-corrected chi connectivity index (χ0v) is 18.3. The summed E-state index contributed by atoms with van der Waals surface area (Å²) < 4.78 is 20.2. The number of aromatic nitrogens is 3. The van der Waals surface area contributed by atoms with Gasteiger partial charge in [-0.3, -0.25) is 24.8 Å². The van der Waals surface area contributed by atoms with Crippen LogP contribution in [0, 0.1) is 15.9 Å². The Hall–Kier alpha value is -5.60. The van der Waals surface area contributed by atoms with Gasteiger partial charge >= 0.3 is 18.0 Å². The lowest BCUT2D eigenvalue weighted by molar-refractivity contribution is -0.384. The van der Waals surface area contributed by atoms with E-state index < -0.39 is 52.2 Å². The molecule has 0 aliphatic carbocycles. The van der Waals surface area contributed by atoms with Crippen molar-refractivity contribution >= 4 is 40.3 Å². The van der Waals surface area contributed by atoms with Crippen LogP contribution in [0.25, 0.3) is 16.6 Å². The van der Waals surface area contributed by atoms with Crippen LogP contribution in [0.15, 0.2) is 53.7 Å². The number of hydrogen-bond donors (Lipinski definition) is 4. The summed E-state index contributed by atoms with van der Waals surface area (Å²) in [6.07, 6.45) is 1.44. The number of pyridine rings is 1. The van der Waals surface area contributed by atoms with Crippen LogP contribution in [-0.4, -0.2) is 47.7 Å². The second-order valence-electron chi connectivity index (χ2n) is 7.48. The van der Waals surface area contributed by atoms with Crippen molar-refractivity contribution < 1.29 is 38.6 Å². The molecule has 0 radical (unpaired) electrons. The van der Waals surface area contributed by atoms with E-state index in [9.17, 15) is 33.7 Å². The number of fused-ring (bicyclic) bond motifs is 1. The number of rotatable bonds is 7. The molecule has 37 heavy (non-hydrogen) atoms. The highest BCUT2D eigenvalue weighted by atomic mass is 19.1. The smallest absolute Gasteiger partial charge is 0.412 e. The highest BCUT2D eigenvalue weighted by Crippen LogP contribution is 2.28. The number of H-pyrrole nitrogens is 1. The number of carboxylic acid groups (broad SMARTS) is 2. The molecular weight excluding hydrogens is 497 g/mol. The van der Waals surface area contributed by atoms with Gasteiger partial charge in [-0.2, -0.15) is 0 Å². The van der Waals surface area contributed by atoms with E-state index in [1.807, 2.05) is 0 Å². The lowest BCUT2D eigenvalue weighted by Crippen LogP contribution is -2.17. The zero-order chi connectivity index (χ0) is 26.9. The molecule has 1 amide bonds. The summed E-state index contributed by atoms with van der Waals surface area (Å²) in [6.45, 7) is -0.411. The molecule has 4 aromatic rings. The zero-order valence-electron chi connectivity index (χ0n) is 18.3. The van der Waals surface area contributed by atoms with Gasteiger partial charge in [0.15, 0.2) is 0 Å². The molecule has 0 fully saturated rings. The van der Waals surface area contributed by atoms with Crippen molar-refractivity contribution in [2.75, 3.05) is 5.32 Å². The fraction of sp³-hybridized carbons (Fsp3) is 0.0455. The van der Waals surface area contributed by atoms with E-state index in [1.165, 1.54) is 23.2 Å². The minimum atomic E-state index is -1.47. The SMILES string of the molecule is O=C(Nc1ccc(C(=O)O)cc1F)OCc1cn(-c2cc3cc(C(=O)O)c(=O)[nH]c3cc2[N+](=O)[O-])cn1. The lowest BCUT2D eigenvalue weighted by Gasteiger charge is -2.08. The number of nitrogens with one attached hydrogen (secondary N) is 2. The Balaban J connectivity index is 1.54. The average molecular weight is 511 g/mol. The number of hydrogen-bond acceptors (Lipinski definition) is 8. The number of benzene rings is 2. The van der Waals surface area contributed by atoms with Gasteiger partial charge in [0, 0.05) is 17.6 Å². The van der Waals surface area contributed by atoms with Gasteiger partial charge in [0.1, 0.15) is 23.7 Å². The number of nitro benzene ring substituents is 1. The van der Waals surface area contributed by atoms with E-state index in [1.54, 1.807) is 0 Å². The van der Waals surface area contributed by atoms with Gasteiger partial charge in [-0.25, -0.2) is 23.8 Å². The van der Waals surface area contributed by atoms with Crippen LogP contribution in [0.2, 0.25) is 0 Å². The number of nitro groups is 1. The van der Waals surface area contributed by atoms with Crippen LogP contribution in [0.3, 0.4) is 0 Å². The predicted octanol–water partition coefficient (Wildman–Crippen LogP) is 2.91. The second kappa shape index (κ2) is 9.57. The number of amides is 1. The number of imidazole rings is 1. The summed E-state index contributed by atoms with van der Waals surface area (Å²) in [5, 5.41) is 32.0. The summed E-state index contributed by atoms with van der Waals surface area (Å²) in [4.78, 5) is 63.3. The minimum Gasteiger partial charge on any atom is -0.478 e. The lowest BCUT2D eigenvalue weighted by atomic mass is 10.1. The Morgan fingerprint density at radius 3 is 2.57 bits per heavy atom. The molecule has 4 N–H and O–H groups in total. The van der Waals surface area contributed by atoms with Gasteiger partial charge in [0.05, 0.1) is 33.7 Å². The van der Waals surface area contributed by atoms with Crippen molar-refractivity contribution in [3.05, 3.63) is 92.0 Å². The summed E-state index contributed by atoms with van der Waals surface area (Å²) in [6, 6.07) is 6.32. The maximum atomic E-state index is 14.0. The van der Waals surface area contributed by atoms with Gasteiger partial charge < -0.3 is 19.9 Å². The first-order chi connectivity index (χ1) is 17.5. The molecule has 4 rings (SSSR count). The maximum Gasteiger partial charge on any atom is 0.412 e. The largest absolute Gasteiger partial charge is 0.478 e. The first kappa shape index (κ1) is 24.5. The fourth-order valence-electron chi connectivity index (χ4n) is 3.35. The summed E-state index contributed by atoms with van der Waals surface area (Å²) >= 11 is 0. The Morgan fingerprint density at radius 1 is 1.16 bits per heavy atom. The highest BCUT2D eigenvalue weighted by Gasteiger charge is 2.20. The Bertz CT molecular complexity index is 1660. The van der Waals surface area contributed by atoms with E-state index in [0.717, 1.165) is 30.3 Å². The maximum absolute atomic E-state index is 14.0. The van der Waals surface area contributed by atoms with Crippen LogP contribution in [0.5, 0.6) is 0 Å². The number of carbonyl (C=O) groups is 3. The van der Waals surface area contributed by atoms with E-state index >= 15 is 0 Å². The normalized spacial score (nSPS) is 10.7. The van der Waals surface area contributed by atoms with Gasteiger partial charge in [-0.1, -0.05) is 0 Å². The number of aromatic carboxylic acids is 2. The van der Waals surface area contributed by atoms with Crippen LogP contribution < -0.4 is 10.9 Å². The number of aromatic amines is 1. The first-order valence-electron chi connectivity index (χ1n) is 10.1. The molecule has 0 spiro atoms. The van der Waals surface area contributed by atoms with E-state index in [2.05, 4.69) is 15.3 Å². The number of carbonyl (C=O) groups excluding carboxylic acids is 1. The Kier molecular flexibility index (Phi) is 6.34. The number of nitrogens with zero attached hydrogens (tertiary/aromatic N) is 3. The summed E-state index contributed by atoms with van der Waals surface area (Å²) in [5.74, 6) is -3.80. The quantitative estimate of drug-likeness (QED) is 0.211. The van der Waals surface area contributed by atoms with Gasteiger partial charge in [0.25, 0.3) is 11.2 Å². The molecule has 2 aromatic heterocycles. The highest BCUT2D eigenvalue weighted by molar-refractivity contribution is 5.94.